The molecule has 17 heavy (non-hydrogen) atoms. The molecule has 0 spiro atoms. The Morgan fingerprint density at radius 2 is 1.76 bits per heavy atom. The summed E-state index contributed by atoms with van der Waals surface area (Å²) in [6.07, 6.45) is -4.77. The Kier molecular flexibility index (Phi) is 5.24. The fraction of sp³-hybridized carbons (Fsp3) is 0.222. The van der Waals surface area contributed by atoms with E-state index in [1.165, 1.54) is 12.1 Å². The van der Waals surface area contributed by atoms with Crippen LogP contribution in [-0.2, 0) is 4.79 Å². The van der Waals surface area contributed by atoms with E-state index >= 15 is 0 Å². The predicted molar refractivity (Wildman–Crippen MR) is 54.9 cm³/mol. The Morgan fingerprint density at radius 3 is 2.12 bits per heavy atom. The van der Waals surface area contributed by atoms with Gasteiger partial charge in [-0.15, -0.1) is 25.6 Å². The number of nitrogens with two attached hydrogens (primary N) is 1. The van der Waals surface area contributed by atoms with Crippen molar-refractivity contribution in [3.63, 3.8) is 0 Å². The second-order valence-corrected chi connectivity index (χ2v) is 2.93. The molecule has 0 aliphatic carbocycles. The molecule has 0 aromatic heterocycles. The lowest BCUT2D eigenvalue weighted by molar-refractivity contribution is -0.274. The van der Waals surface area contributed by atoms with Gasteiger partial charge in [0.15, 0.2) is 0 Å². The number of rotatable bonds is 3. The van der Waals surface area contributed by atoms with Gasteiger partial charge in [-0.1, -0.05) is 12.1 Å². The summed E-state index contributed by atoms with van der Waals surface area (Å²) in [5, 5.41) is 8.55. The van der Waals surface area contributed by atoms with Crippen molar-refractivity contribution in [2.75, 3.05) is 0 Å². The molecule has 1 aromatic rings. The molecule has 0 unspecified atom stereocenters. The van der Waals surface area contributed by atoms with E-state index in [-0.39, 0.29) is 18.0 Å². The molecule has 1 aromatic carbocycles. The van der Waals surface area contributed by atoms with Gasteiger partial charge in [-0.2, -0.15) is 0 Å². The number of carboxylic acids is 1. The highest BCUT2D eigenvalue weighted by Crippen LogP contribution is 2.23. The normalized spacial score (nSPS) is 12.5. The molecule has 4 nitrogen and oxygen atoms in total. The molecule has 0 fully saturated rings. The van der Waals surface area contributed by atoms with Crippen LogP contribution in [-0.4, -0.2) is 17.4 Å². The maximum atomic E-state index is 11.8. The zero-order valence-corrected chi connectivity index (χ0v) is 9.09. The van der Waals surface area contributed by atoms with Crippen molar-refractivity contribution in [1.82, 2.24) is 0 Å². The third kappa shape index (κ3) is 4.92. The summed E-state index contributed by atoms with van der Waals surface area (Å²) in [4.78, 5) is 10.5. The monoisotopic (exact) mass is 271 g/mol. The van der Waals surface area contributed by atoms with Crippen molar-refractivity contribution in [1.29, 1.82) is 0 Å². The first-order chi connectivity index (χ1) is 7.29. The second-order valence-electron chi connectivity index (χ2n) is 2.93. The van der Waals surface area contributed by atoms with Crippen LogP contribution in [0.25, 0.3) is 0 Å². The molecule has 0 bridgehead atoms. The molecule has 0 amide bonds. The SMILES string of the molecule is Cl.N[C@@H](C(=O)O)c1ccc(OC(F)(F)F)cc1. The molecule has 96 valence electrons. The number of ether oxygens (including phenoxy) is 1. The summed E-state index contributed by atoms with van der Waals surface area (Å²) < 4.78 is 39.0. The number of hydrogen-bond acceptors (Lipinski definition) is 3. The first kappa shape index (κ1) is 15.5. The molecule has 1 atom stereocenters. The summed E-state index contributed by atoms with van der Waals surface area (Å²) in [6, 6.07) is 3.08. The van der Waals surface area contributed by atoms with E-state index in [0.717, 1.165) is 12.1 Å². The van der Waals surface area contributed by atoms with Crippen LogP contribution in [0, 0.1) is 0 Å². The smallest absolute Gasteiger partial charge is 0.480 e. The van der Waals surface area contributed by atoms with Gasteiger partial charge in [-0.05, 0) is 17.7 Å². The highest BCUT2D eigenvalue weighted by molar-refractivity contribution is 5.85. The summed E-state index contributed by atoms with van der Waals surface area (Å²) in [6.45, 7) is 0. The van der Waals surface area contributed by atoms with E-state index in [9.17, 15) is 18.0 Å². The van der Waals surface area contributed by atoms with E-state index in [2.05, 4.69) is 4.74 Å². The van der Waals surface area contributed by atoms with E-state index in [0.29, 0.717) is 0 Å². The van der Waals surface area contributed by atoms with Crippen LogP contribution < -0.4 is 10.5 Å². The highest BCUT2D eigenvalue weighted by atomic mass is 35.5. The van der Waals surface area contributed by atoms with Crippen LogP contribution in [0.2, 0.25) is 0 Å². The summed E-state index contributed by atoms with van der Waals surface area (Å²) in [5.74, 6) is -1.68. The minimum absolute atomic E-state index is 0. The van der Waals surface area contributed by atoms with E-state index in [1.54, 1.807) is 0 Å². The quantitative estimate of drug-likeness (QED) is 0.883. The maximum Gasteiger partial charge on any atom is 0.573 e. The fourth-order valence-corrected chi connectivity index (χ4v) is 1.02. The first-order valence-corrected chi connectivity index (χ1v) is 4.13. The summed E-state index contributed by atoms with van der Waals surface area (Å²) in [5.41, 5.74) is 5.45. The molecular weight excluding hydrogens is 263 g/mol. The summed E-state index contributed by atoms with van der Waals surface area (Å²) >= 11 is 0. The van der Waals surface area contributed by atoms with E-state index < -0.39 is 24.1 Å². The van der Waals surface area contributed by atoms with Gasteiger partial charge in [0.1, 0.15) is 11.8 Å². The number of alkyl halides is 3. The van der Waals surface area contributed by atoms with Crippen LogP contribution in [0.1, 0.15) is 11.6 Å². The largest absolute Gasteiger partial charge is 0.573 e. The lowest BCUT2D eigenvalue weighted by Crippen LogP contribution is -2.21. The molecule has 8 heteroatoms. The van der Waals surface area contributed by atoms with E-state index in [1.807, 2.05) is 0 Å². The van der Waals surface area contributed by atoms with Gasteiger partial charge >= 0.3 is 12.3 Å². The van der Waals surface area contributed by atoms with Crippen LogP contribution >= 0.6 is 12.4 Å². The maximum absolute atomic E-state index is 11.8. The Morgan fingerprint density at radius 1 is 1.29 bits per heavy atom. The molecule has 0 aliphatic heterocycles. The van der Waals surface area contributed by atoms with Crippen LogP contribution in [0.3, 0.4) is 0 Å². The molecule has 0 radical (unpaired) electrons. The fourth-order valence-electron chi connectivity index (χ4n) is 1.02. The zero-order chi connectivity index (χ0) is 12.3. The number of carbonyl (C=O) groups is 1. The minimum Gasteiger partial charge on any atom is -0.480 e. The molecule has 0 heterocycles. The summed E-state index contributed by atoms with van der Waals surface area (Å²) in [7, 11) is 0. The van der Waals surface area contributed by atoms with Crippen molar-refractivity contribution >= 4 is 18.4 Å². The lowest BCUT2D eigenvalue weighted by atomic mass is 10.1. The number of benzene rings is 1. The van der Waals surface area contributed by atoms with Crippen molar-refractivity contribution in [2.24, 2.45) is 5.73 Å². The molecular formula is C9H9ClF3NO3. The number of halogens is 4. The second kappa shape index (κ2) is 5.74. The number of hydrogen-bond donors (Lipinski definition) is 2. The van der Waals surface area contributed by atoms with Gasteiger partial charge in [0.25, 0.3) is 0 Å². The Balaban J connectivity index is 0.00000256. The highest BCUT2D eigenvalue weighted by Gasteiger charge is 2.31. The van der Waals surface area contributed by atoms with Gasteiger partial charge in [0, 0.05) is 0 Å². The molecule has 0 saturated heterocycles. The van der Waals surface area contributed by atoms with Crippen LogP contribution in [0.5, 0.6) is 5.75 Å². The molecule has 1 rings (SSSR count). The van der Waals surface area contributed by atoms with Crippen LogP contribution in [0.15, 0.2) is 24.3 Å². The number of aliphatic carboxylic acids is 1. The Bertz CT molecular complexity index is 380. The average Bonchev–Trinajstić information content (AvgIpc) is 2.15. The topological polar surface area (TPSA) is 72.6 Å². The van der Waals surface area contributed by atoms with E-state index in [4.69, 9.17) is 10.8 Å². The van der Waals surface area contributed by atoms with Gasteiger partial charge in [0.2, 0.25) is 0 Å². The van der Waals surface area contributed by atoms with Gasteiger partial charge in [-0.25, -0.2) is 0 Å². The van der Waals surface area contributed by atoms with Crippen molar-refractivity contribution in [3.8, 4) is 5.75 Å². The van der Waals surface area contributed by atoms with Gasteiger partial charge < -0.3 is 15.6 Å². The Hall–Kier alpha value is -1.47. The third-order valence-corrected chi connectivity index (χ3v) is 1.74. The molecule has 0 aliphatic rings. The lowest BCUT2D eigenvalue weighted by Gasteiger charge is -2.10. The predicted octanol–water partition coefficient (Wildman–Crippen LogP) is 2.09. The van der Waals surface area contributed by atoms with Crippen molar-refractivity contribution in [3.05, 3.63) is 29.8 Å². The molecule has 3 N–H and O–H groups in total. The van der Waals surface area contributed by atoms with Crippen LogP contribution in [0.4, 0.5) is 13.2 Å². The van der Waals surface area contributed by atoms with Crippen molar-refractivity contribution < 1.29 is 27.8 Å². The minimum atomic E-state index is -4.77. The standard InChI is InChI=1S/C9H8F3NO3.ClH/c10-9(11,12)16-6-3-1-5(2-4-6)7(13)8(14)15;/h1-4,7H,13H2,(H,14,15);1H/t7-;/m1./s1. The first-order valence-electron chi connectivity index (χ1n) is 4.13. The van der Waals surface area contributed by atoms with Gasteiger partial charge in [-0.3, -0.25) is 4.79 Å². The zero-order valence-electron chi connectivity index (χ0n) is 8.27. The van der Waals surface area contributed by atoms with Crippen molar-refractivity contribution in [2.45, 2.75) is 12.4 Å². The number of carboxylic acid groups (broad SMARTS) is 1. The average molecular weight is 272 g/mol. The van der Waals surface area contributed by atoms with Gasteiger partial charge in [0.05, 0.1) is 0 Å². The molecule has 0 saturated carbocycles. The third-order valence-electron chi connectivity index (χ3n) is 1.74. The Labute approximate surface area is 101 Å².